The number of para-hydroxylation sites is 1. The maximum atomic E-state index is 12.5. The highest BCUT2D eigenvalue weighted by Gasteiger charge is 2.09. The fourth-order valence-corrected chi connectivity index (χ4v) is 2.96. The first-order valence-corrected chi connectivity index (χ1v) is 9.11. The number of hydrogen-bond acceptors (Lipinski definition) is 3. The lowest BCUT2D eigenvalue weighted by Gasteiger charge is -2.10. The van der Waals surface area contributed by atoms with Crippen molar-refractivity contribution in [3.05, 3.63) is 108 Å². The summed E-state index contributed by atoms with van der Waals surface area (Å²) in [4.78, 5) is 17.1. The monoisotopic (exact) mass is 365 g/mol. The molecule has 3 aromatic carbocycles. The molecule has 1 aromatic heterocycles. The van der Waals surface area contributed by atoms with E-state index in [0.29, 0.717) is 17.2 Å². The van der Waals surface area contributed by atoms with Crippen LogP contribution in [-0.2, 0) is 0 Å². The Balaban J connectivity index is 1.74. The van der Waals surface area contributed by atoms with Gasteiger partial charge in [-0.25, -0.2) is 4.98 Å². The average Bonchev–Trinajstić information content (AvgIpc) is 2.73. The van der Waals surface area contributed by atoms with Crippen LogP contribution in [0, 0.1) is 6.92 Å². The first-order chi connectivity index (χ1) is 13.7. The van der Waals surface area contributed by atoms with Gasteiger partial charge in [0.2, 0.25) is 5.88 Å². The van der Waals surface area contributed by atoms with Crippen molar-refractivity contribution < 1.29 is 9.53 Å². The molecule has 0 unspecified atom stereocenters. The van der Waals surface area contributed by atoms with Gasteiger partial charge in [-0.15, -0.1) is 0 Å². The number of carbonyl (C=O) groups excluding carboxylic acids is 1. The smallest absolute Gasteiger partial charge is 0.227 e. The zero-order chi connectivity index (χ0) is 19.3. The molecule has 3 nitrogen and oxygen atoms in total. The molecule has 0 saturated heterocycles. The zero-order valence-corrected chi connectivity index (χ0v) is 15.5. The van der Waals surface area contributed by atoms with Gasteiger partial charge >= 0.3 is 0 Å². The van der Waals surface area contributed by atoms with E-state index in [0.717, 1.165) is 22.0 Å². The average molecular weight is 365 g/mol. The van der Waals surface area contributed by atoms with Crippen molar-refractivity contribution in [2.24, 2.45) is 0 Å². The summed E-state index contributed by atoms with van der Waals surface area (Å²) in [6.45, 7) is 2.04. The summed E-state index contributed by atoms with van der Waals surface area (Å²) < 4.78 is 6.01. The van der Waals surface area contributed by atoms with E-state index in [2.05, 4.69) is 11.1 Å². The number of rotatable bonds is 5. The molecule has 0 bridgehead atoms. The summed E-state index contributed by atoms with van der Waals surface area (Å²) in [5, 5.41) is 1.01. The van der Waals surface area contributed by atoms with Gasteiger partial charge in [0.25, 0.3) is 0 Å². The second kappa shape index (κ2) is 7.89. The van der Waals surface area contributed by atoms with E-state index in [4.69, 9.17) is 4.74 Å². The molecule has 0 radical (unpaired) electrons. The second-order valence-electron chi connectivity index (χ2n) is 6.56. The van der Waals surface area contributed by atoms with Crippen LogP contribution >= 0.6 is 0 Å². The molecular weight excluding hydrogens is 346 g/mol. The summed E-state index contributed by atoms with van der Waals surface area (Å²) in [5.41, 5.74) is 3.41. The molecule has 0 fully saturated rings. The maximum Gasteiger partial charge on any atom is 0.227 e. The van der Waals surface area contributed by atoms with Gasteiger partial charge in [0.1, 0.15) is 5.75 Å². The highest BCUT2D eigenvalue weighted by Crippen LogP contribution is 2.28. The number of carbonyl (C=O) groups is 1. The number of ketones is 1. The maximum absolute atomic E-state index is 12.5. The van der Waals surface area contributed by atoms with Gasteiger partial charge in [0.05, 0.1) is 5.52 Å². The van der Waals surface area contributed by atoms with E-state index in [-0.39, 0.29) is 5.78 Å². The third-order valence-electron chi connectivity index (χ3n) is 4.39. The Hall–Kier alpha value is -3.72. The first kappa shape index (κ1) is 17.7. The lowest BCUT2D eigenvalue weighted by Crippen LogP contribution is -1.95. The number of aromatic nitrogens is 1. The Morgan fingerprint density at radius 3 is 2.36 bits per heavy atom. The van der Waals surface area contributed by atoms with Crippen LogP contribution in [0.1, 0.15) is 21.5 Å². The Morgan fingerprint density at radius 1 is 0.893 bits per heavy atom. The second-order valence-corrected chi connectivity index (χ2v) is 6.56. The van der Waals surface area contributed by atoms with E-state index in [9.17, 15) is 4.79 Å². The van der Waals surface area contributed by atoms with Crippen LogP contribution < -0.4 is 4.74 Å². The highest BCUT2D eigenvalue weighted by atomic mass is 16.5. The Bertz CT molecular complexity index is 1150. The van der Waals surface area contributed by atoms with Crippen molar-refractivity contribution in [2.45, 2.75) is 6.92 Å². The SMILES string of the molecule is Cc1ccc2nc(Oc3ccccc3)c(/C=C/C(=O)c3ccccc3)cc2c1. The molecule has 28 heavy (non-hydrogen) atoms. The molecule has 0 saturated carbocycles. The van der Waals surface area contributed by atoms with E-state index < -0.39 is 0 Å². The summed E-state index contributed by atoms with van der Waals surface area (Å²) in [6, 6.07) is 26.8. The first-order valence-electron chi connectivity index (χ1n) is 9.11. The molecule has 136 valence electrons. The predicted octanol–water partition coefficient (Wildman–Crippen LogP) is 6.23. The van der Waals surface area contributed by atoms with Crippen molar-refractivity contribution in [3.8, 4) is 11.6 Å². The molecule has 4 aromatic rings. The molecular formula is C25H19NO2. The van der Waals surface area contributed by atoms with E-state index in [1.165, 1.54) is 0 Å². The van der Waals surface area contributed by atoms with Crippen LogP contribution in [0.5, 0.6) is 11.6 Å². The summed E-state index contributed by atoms with van der Waals surface area (Å²) in [6.07, 6.45) is 3.33. The minimum atomic E-state index is -0.0596. The third kappa shape index (κ3) is 3.99. The highest BCUT2D eigenvalue weighted by molar-refractivity contribution is 6.07. The van der Waals surface area contributed by atoms with Gasteiger partial charge in [-0.05, 0) is 49.4 Å². The fraction of sp³-hybridized carbons (Fsp3) is 0.0400. The summed E-state index contributed by atoms with van der Waals surface area (Å²) in [5.74, 6) is 1.11. The molecule has 0 aliphatic rings. The molecule has 0 spiro atoms. The predicted molar refractivity (Wildman–Crippen MR) is 113 cm³/mol. The fourth-order valence-electron chi connectivity index (χ4n) is 2.96. The van der Waals surface area contributed by atoms with Crippen molar-refractivity contribution in [2.75, 3.05) is 0 Å². The topological polar surface area (TPSA) is 39.2 Å². The third-order valence-corrected chi connectivity index (χ3v) is 4.39. The molecule has 0 amide bonds. The lowest BCUT2D eigenvalue weighted by atomic mass is 10.1. The van der Waals surface area contributed by atoms with Gasteiger partial charge in [0.15, 0.2) is 5.78 Å². The minimum Gasteiger partial charge on any atom is -0.438 e. The number of ether oxygens (including phenoxy) is 1. The summed E-state index contributed by atoms with van der Waals surface area (Å²) >= 11 is 0. The van der Waals surface area contributed by atoms with Crippen molar-refractivity contribution >= 4 is 22.8 Å². The van der Waals surface area contributed by atoms with Crippen molar-refractivity contribution in [1.82, 2.24) is 4.98 Å². The van der Waals surface area contributed by atoms with Gasteiger partial charge in [-0.2, -0.15) is 0 Å². The van der Waals surface area contributed by atoms with Crippen LogP contribution in [-0.4, -0.2) is 10.8 Å². The molecule has 0 atom stereocenters. The standard InChI is InChI=1S/C25H19NO2/c1-18-12-14-23-21(16-18)17-20(13-15-24(27)19-8-4-2-5-9-19)25(26-23)28-22-10-6-3-7-11-22/h2-17H,1H3/b15-13+. The number of nitrogens with zero attached hydrogens (tertiary/aromatic N) is 1. The molecule has 3 heteroatoms. The van der Waals surface area contributed by atoms with E-state index in [1.807, 2.05) is 73.7 Å². The van der Waals surface area contributed by atoms with Crippen LogP contribution in [0.3, 0.4) is 0 Å². The van der Waals surface area contributed by atoms with Gasteiger partial charge in [-0.1, -0.05) is 60.2 Å². The van der Waals surface area contributed by atoms with Crippen LogP contribution in [0.4, 0.5) is 0 Å². The van der Waals surface area contributed by atoms with Gasteiger partial charge in [-0.3, -0.25) is 4.79 Å². The van der Waals surface area contributed by atoms with Gasteiger partial charge in [0, 0.05) is 16.5 Å². The Labute approximate surface area is 163 Å². The summed E-state index contributed by atoms with van der Waals surface area (Å²) in [7, 11) is 0. The lowest BCUT2D eigenvalue weighted by molar-refractivity contribution is 0.104. The molecule has 0 N–H and O–H groups in total. The molecule has 0 aliphatic heterocycles. The number of allylic oxidation sites excluding steroid dienone is 1. The zero-order valence-electron chi connectivity index (χ0n) is 15.5. The Morgan fingerprint density at radius 2 is 1.61 bits per heavy atom. The van der Waals surface area contributed by atoms with Crippen molar-refractivity contribution in [3.63, 3.8) is 0 Å². The largest absolute Gasteiger partial charge is 0.438 e. The number of aryl methyl sites for hydroxylation is 1. The van der Waals surface area contributed by atoms with E-state index in [1.54, 1.807) is 24.3 Å². The minimum absolute atomic E-state index is 0.0596. The number of hydrogen-bond donors (Lipinski definition) is 0. The Kier molecular flexibility index (Phi) is 4.98. The quantitative estimate of drug-likeness (QED) is 0.311. The van der Waals surface area contributed by atoms with Crippen molar-refractivity contribution in [1.29, 1.82) is 0 Å². The van der Waals surface area contributed by atoms with Crippen LogP contribution in [0.15, 0.2) is 91.0 Å². The van der Waals surface area contributed by atoms with Crippen LogP contribution in [0.25, 0.3) is 17.0 Å². The number of pyridine rings is 1. The van der Waals surface area contributed by atoms with Gasteiger partial charge < -0.3 is 4.74 Å². The number of benzene rings is 3. The van der Waals surface area contributed by atoms with Crippen LogP contribution in [0.2, 0.25) is 0 Å². The number of fused-ring (bicyclic) bond motifs is 1. The molecule has 1 heterocycles. The normalized spacial score (nSPS) is 11.0. The molecule has 0 aliphatic carbocycles. The van der Waals surface area contributed by atoms with E-state index >= 15 is 0 Å². The molecule has 4 rings (SSSR count).